The zero-order valence-electron chi connectivity index (χ0n) is 20.4. The minimum Gasteiger partial charge on any atom is -0.367 e. The Morgan fingerprint density at radius 3 is 2.37 bits per heavy atom. The van der Waals surface area contributed by atoms with E-state index in [0.717, 1.165) is 39.0 Å². The molecule has 1 saturated heterocycles. The maximum absolute atomic E-state index is 12.9. The molecular formula is C26H34N6O3. The van der Waals surface area contributed by atoms with Crippen LogP contribution in [0.25, 0.3) is 0 Å². The standard InChI is InChI=1S/C26H34N6O3/c1-18(33)29-24(17-31-15-21-5-3-4-6-22(21)16-31)14-28-26(35)20-7-10-27-25(13-20)30-23-8-11-32(12-9-23)19(2)34/h3-7,10,13,23-24H,8-9,11-12,14-17H2,1-2H3,(H,27,30)(H,28,35)(H,29,33)/t24-/m0/s1. The van der Waals surface area contributed by atoms with Crippen LogP contribution in [0.1, 0.15) is 48.2 Å². The summed E-state index contributed by atoms with van der Waals surface area (Å²) >= 11 is 0. The third kappa shape index (κ3) is 6.79. The van der Waals surface area contributed by atoms with Crippen LogP contribution < -0.4 is 16.0 Å². The second-order valence-corrected chi connectivity index (χ2v) is 9.40. The number of anilines is 1. The zero-order valence-corrected chi connectivity index (χ0v) is 20.4. The van der Waals surface area contributed by atoms with Crippen molar-refractivity contribution in [1.82, 2.24) is 25.4 Å². The molecule has 0 bridgehead atoms. The normalized spacial score (nSPS) is 16.9. The fourth-order valence-electron chi connectivity index (χ4n) is 4.81. The summed E-state index contributed by atoms with van der Waals surface area (Å²) in [5.74, 6) is 0.424. The van der Waals surface area contributed by atoms with Gasteiger partial charge in [-0.1, -0.05) is 24.3 Å². The van der Waals surface area contributed by atoms with Gasteiger partial charge in [0.05, 0.1) is 6.04 Å². The largest absolute Gasteiger partial charge is 0.367 e. The molecule has 0 unspecified atom stereocenters. The van der Waals surface area contributed by atoms with E-state index in [2.05, 4.69) is 38.0 Å². The van der Waals surface area contributed by atoms with E-state index < -0.39 is 0 Å². The Balaban J connectivity index is 1.30. The summed E-state index contributed by atoms with van der Waals surface area (Å²) < 4.78 is 0. The molecule has 4 rings (SSSR count). The van der Waals surface area contributed by atoms with Crippen LogP contribution in [0, 0.1) is 0 Å². The summed E-state index contributed by atoms with van der Waals surface area (Å²) in [6.07, 6.45) is 3.31. The molecule has 0 aliphatic carbocycles. The lowest BCUT2D eigenvalue weighted by atomic mass is 10.0. The maximum atomic E-state index is 12.9. The lowest BCUT2D eigenvalue weighted by molar-refractivity contribution is -0.129. The summed E-state index contributed by atoms with van der Waals surface area (Å²) in [5.41, 5.74) is 3.13. The van der Waals surface area contributed by atoms with E-state index in [1.54, 1.807) is 25.3 Å². The number of benzene rings is 1. The van der Waals surface area contributed by atoms with Crippen molar-refractivity contribution in [3.8, 4) is 0 Å². The topological polar surface area (TPSA) is 107 Å². The van der Waals surface area contributed by atoms with E-state index in [9.17, 15) is 14.4 Å². The van der Waals surface area contributed by atoms with Crippen LogP contribution in [0.15, 0.2) is 42.6 Å². The minimum absolute atomic E-state index is 0.104. The Morgan fingerprint density at radius 2 is 1.74 bits per heavy atom. The summed E-state index contributed by atoms with van der Waals surface area (Å²) in [6, 6.07) is 11.8. The SMILES string of the molecule is CC(=O)N[C@@H](CNC(=O)c1ccnc(NC2CCN(C(C)=O)CC2)c1)CN1Cc2ccccc2C1. The Kier molecular flexibility index (Phi) is 7.97. The number of pyridine rings is 1. The summed E-state index contributed by atoms with van der Waals surface area (Å²) in [7, 11) is 0. The van der Waals surface area contributed by atoms with E-state index in [0.29, 0.717) is 24.5 Å². The molecule has 3 heterocycles. The molecule has 35 heavy (non-hydrogen) atoms. The van der Waals surface area contributed by atoms with E-state index in [4.69, 9.17) is 0 Å². The van der Waals surface area contributed by atoms with Crippen LogP contribution in [0.3, 0.4) is 0 Å². The van der Waals surface area contributed by atoms with E-state index in [1.165, 1.54) is 18.1 Å². The van der Waals surface area contributed by atoms with Gasteiger partial charge in [-0.25, -0.2) is 4.98 Å². The first-order valence-electron chi connectivity index (χ1n) is 12.2. The summed E-state index contributed by atoms with van der Waals surface area (Å²) in [4.78, 5) is 44.7. The summed E-state index contributed by atoms with van der Waals surface area (Å²) in [6.45, 7) is 7.19. The lowest BCUT2D eigenvalue weighted by Gasteiger charge is -2.32. The van der Waals surface area contributed by atoms with Gasteiger partial charge in [0.15, 0.2) is 0 Å². The summed E-state index contributed by atoms with van der Waals surface area (Å²) in [5, 5.41) is 9.33. The molecule has 1 aromatic heterocycles. The van der Waals surface area contributed by atoms with Gasteiger partial charge >= 0.3 is 0 Å². The Labute approximate surface area is 206 Å². The zero-order chi connectivity index (χ0) is 24.8. The van der Waals surface area contributed by atoms with Gasteiger partial charge in [-0.05, 0) is 36.1 Å². The molecule has 3 N–H and O–H groups in total. The van der Waals surface area contributed by atoms with E-state index in [1.807, 2.05) is 17.0 Å². The number of hydrogen-bond donors (Lipinski definition) is 3. The first-order valence-corrected chi connectivity index (χ1v) is 12.2. The molecule has 2 aliphatic heterocycles. The van der Waals surface area contributed by atoms with Gasteiger partial charge in [0, 0.05) is 70.9 Å². The van der Waals surface area contributed by atoms with E-state index in [-0.39, 0.29) is 29.8 Å². The van der Waals surface area contributed by atoms with Gasteiger partial charge in [0.1, 0.15) is 5.82 Å². The second-order valence-electron chi connectivity index (χ2n) is 9.40. The second kappa shape index (κ2) is 11.3. The molecule has 1 atom stereocenters. The van der Waals surface area contributed by atoms with Gasteiger partial charge < -0.3 is 20.9 Å². The molecule has 186 valence electrons. The smallest absolute Gasteiger partial charge is 0.251 e. The van der Waals surface area contributed by atoms with Gasteiger partial charge in [0.25, 0.3) is 5.91 Å². The van der Waals surface area contributed by atoms with Crippen molar-refractivity contribution in [2.45, 2.75) is 51.9 Å². The van der Waals surface area contributed by atoms with Crippen molar-refractivity contribution in [2.24, 2.45) is 0 Å². The maximum Gasteiger partial charge on any atom is 0.251 e. The molecule has 0 radical (unpaired) electrons. The first kappa shape index (κ1) is 24.7. The molecule has 9 heteroatoms. The number of carbonyl (C=O) groups excluding carboxylic acids is 3. The van der Waals surface area contributed by atoms with Crippen molar-refractivity contribution in [3.63, 3.8) is 0 Å². The van der Waals surface area contributed by atoms with E-state index >= 15 is 0 Å². The molecule has 9 nitrogen and oxygen atoms in total. The number of nitrogens with one attached hydrogen (secondary N) is 3. The van der Waals surface area contributed by atoms with Crippen LogP contribution in [0.5, 0.6) is 0 Å². The third-order valence-electron chi connectivity index (χ3n) is 6.62. The molecule has 2 aromatic rings. The number of likely N-dealkylation sites (tertiary alicyclic amines) is 1. The quantitative estimate of drug-likeness (QED) is 0.534. The number of aromatic nitrogens is 1. The van der Waals surface area contributed by atoms with Crippen molar-refractivity contribution in [1.29, 1.82) is 0 Å². The van der Waals surface area contributed by atoms with Gasteiger partial charge in [0.2, 0.25) is 11.8 Å². The highest BCUT2D eigenvalue weighted by Gasteiger charge is 2.23. The highest BCUT2D eigenvalue weighted by molar-refractivity contribution is 5.94. The van der Waals surface area contributed by atoms with Crippen LogP contribution in [0.4, 0.5) is 5.82 Å². The number of fused-ring (bicyclic) bond motifs is 1. The van der Waals surface area contributed by atoms with Crippen molar-refractivity contribution in [3.05, 3.63) is 59.3 Å². The van der Waals surface area contributed by atoms with Crippen LogP contribution in [-0.4, -0.2) is 70.8 Å². The lowest BCUT2D eigenvalue weighted by Crippen LogP contribution is -2.48. The van der Waals surface area contributed by atoms with Crippen LogP contribution in [-0.2, 0) is 22.7 Å². The number of carbonyl (C=O) groups is 3. The first-order chi connectivity index (χ1) is 16.9. The fourth-order valence-corrected chi connectivity index (χ4v) is 4.81. The number of nitrogens with zero attached hydrogens (tertiary/aromatic N) is 3. The monoisotopic (exact) mass is 478 g/mol. The van der Waals surface area contributed by atoms with Crippen molar-refractivity contribution in [2.75, 3.05) is 31.5 Å². The molecule has 2 aliphatic rings. The van der Waals surface area contributed by atoms with Gasteiger partial charge in [-0.15, -0.1) is 0 Å². The number of piperidine rings is 1. The predicted molar refractivity (Wildman–Crippen MR) is 134 cm³/mol. The Bertz CT molecular complexity index is 1040. The Hall–Kier alpha value is -3.46. The molecular weight excluding hydrogens is 444 g/mol. The highest BCUT2D eigenvalue weighted by Crippen LogP contribution is 2.22. The number of hydrogen-bond acceptors (Lipinski definition) is 6. The predicted octanol–water partition coefficient (Wildman–Crippen LogP) is 1.75. The number of amides is 3. The van der Waals surface area contributed by atoms with Crippen molar-refractivity contribution >= 4 is 23.5 Å². The molecule has 0 saturated carbocycles. The Morgan fingerprint density at radius 1 is 1.06 bits per heavy atom. The van der Waals surface area contributed by atoms with Gasteiger partial charge in [-0.3, -0.25) is 19.3 Å². The van der Waals surface area contributed by atoms with Gasteiger partial charge in [-0.2, -0.15) is 0 Å². The average Bonchev–Trinajstić information content (AvgIpc) is 3.25. The molecule has 3 amide bonds. The molecule has 0 spiro atoms. The van der Waals surface area contributed by atoms with Crippen LogP contribution in [0.2, 0.25) is 0 Å². The molecule has 1 fully saturated rings. The van der Waals surface area contributed by atoms with Crippen molar-refractivity contribution < 1.29 is 14.4 Å². The minimum atomic E-state index is -0.207. The fraction of sp³-hybridized carbons (Fsp3) is 0.462. The third-order valence-corrected chi connectivity index (χ3v) is 6.62. The van der Waals surface area contributed by atoms with Crippen LogP contribution >= 0.6 is 0 Å². The number of rotatable bonds is 8. The molecule has 1 aromatic carbocycles. The average molecular weight is 479 g/mol. The highest BCUT2D eigenvalue weighted by atomic mass is 16.2.